The maximum atomic E-state index is 11.1. The Morgan fingerprint density at radius 2 is 2.41 bits per heavy atom. The van der Waals surface area contributed by atoms with Crippen molar-refractivity contribution >= 4 is 23.5 Å². The molecule has 0 amide bonds. The summed E-state index contributed by atoms with van der Waals surface area (Å²) in [4.78, 5) is 11.1. The molecule has 0 bridgehead atoms. The maximum Gasteiger partial charge on any atom is 0.285 e. The predicted molar refractivity (Wildman–Crippen MR) is 64.5 cm³/mol. The van der Waals surface area contributed by atoms with Gasteiger partial charge in [-0.25, -0.2) is 5.10 Å². The molecular formula is C10H9ClN4O2. The zero-order valence-electron chi connectivity index (χ0n) is 8.90. The van der Waals surface area contributed by atoms with Crippen LogP contribution >= 0.6 is 11.6 Å². The zero-order chi connectivity index (χ0) is 12.3. The van der Waals surface area contributed by atoms with Gasteiger partial charge in [0.1, 0.15) is 22.2 Å². The summed E-state index contributed by atoms with van der Waals surface area (Å²) in [7, 11) is 0. The van der Waals surface area contributed by atoms with E-state index in [1.165, 1.54) is 12.4 Å². The largest absolute Gasteiger partial charge is 0.460 e. The number of hydrogen-bond acceptors (Lipinski definition) is 5. The molecule has 2 heterocycles. The van der Waals surface area contributed by atoms with Crippen LogP contribution in [0, 0.1) is 6.92 Å². The fourth-order valence-electron chi connectivity index (χ4n) is 1.15. The number of hydrazone groups is 1. The third kappa shape index (κ3) is 2.73. The molecule has 0 saturated carbocycles. The molecule has 0 atom stereocenters. The predicted octanol–water partition coefficient (Wildman–Crippen LogP) is 1.77. The lowest BCUT2D eigenvalue weighted by atomic mass is 10.4. The van der Waals surface area contributed by atoms with Gasteiger partial charge in [-0.05, 0) is 19.1 Å². The number of aryl methyl sites for hydroxylation is 1. The van der Waals surface area contributed by atoms with Crippen LogP contribution in [0.15, 0.2) is 32.6 Å². The first-order valence-electron chi connectivity index (χ1n) is 4.75. The third-order valence-corrected chi connectivity index (χ3v) is 2.31. The van der Waals surface area contributed by atoms with E-state index in [1.54, 1.807) is 6.07 Å². The average molecular weight is 253 g/mol. The number of halogens is 1. The molecule has 88 valence electrons. The first-order chi connectivity index (χ1) is 8.16. The summed E-state index contributed by atoms with van der Waals surface area (Å²) in [6.45, 7) is 1.84. The summed E-state index contributed by atoms with van der Waals surface area (Å²) in [5.74, 6) is 1.39. The number of H-pyrrole nitrogens is 1. The van der Waals surface area contributed by atoms with E-state index in [2.05, 4.69) is 20.7 Å². The number of hydrogen-bond donors (Lipinski definition) is 2. The number of nitrogens with one attached hydrogen (secondary N) is 2. The second kappa shape index (κ2) is 4.84. The average Bonchev–Trinajstić information content (AvgIpc) is 2.70. The van der Waals surface area contributed by atoms with E-state index in [-0.39, 0.29) is 5.02 Å². The second-order valence-corrected chi connectivity index (χ2v) is 3.62. The minimum atomic E-state index is -0.472. The van der Waals surface area contributed by atoms with Crippen LogP contribution in [0.5, 0.6) is 0 Å². The fraction of sp³-hybridized carbons (Fsp3) is 0.100. The van der Waals surface area contributed by atoms with Crippen LogP contribution in [0.25, 0.3) is 0 Å². The Morgan fingerprint density at radius 3 is 3.12 bits per heavy atom. The van der Waals surface area contributed by atoms with Gasteiger partial charge in [-0.2, -0.15) is 10.2 Å². The number of aromatic nitrogens is 2. The Balaban J connectivity index is 2.10. The van der Waals surface area contributed by atoms with Crippen molar-refractivity contribution in [2.75, 3.05) is 5.43 Å². The molecular weight excluding hydrogens is 244 g/mol. The van der Waals surface area contributed by atoms with Gasteiger partial charge < -0.3 is 4.42 Å². The van der Waals surface area contributed by atoms with Crippen molar-refractivity contribution in [3.8, 4) is 0 Å². The molecule has 2 aromatic rings. The number of anilines is 1. The molecule has 0 fully saturated rings. The van der Waals surface area contributed by atoms with Crippen molar-refractivity contribution in [3.63, 3.8) is 0 Å². The van der Waals surface area contributed by atoms with Crippen molar-refractivity contribution < 1.29 is 4.42 Å². The Bertz CT molecular complexity index is 602. The highest BCUT2D eigenvalue weighted by atomic mass is 35.5. The smallest absolute Gasteiger partial charge is 0.285 e. The molecule has 0 aliphatic heterocycles. The molecule has 6 nitrogen and oxygen atoms in total. The first-order valence-corrected chi connectivity index (χ1v) is 5.13. The molecule has 17 heavy (non-hydrogen) atoms. The number of aromatic amines is 1. The molecule has 7 heteroatoms. The molecule has 2 N–H and O–H groups in total. The molecule has 2 rings (SSSR count). The van der Waals surface area contributed by atoms with Gasteiger partial charge in [0.05, 0.1) is 12.4 Å². The lowest BCUT2D eigenvalue weighted by Crippen LogP contribution is -2.09. The summed E-state index contributed by atoms with van der Waals surface area (Å²) in [6, 6.07) is 3.60. The fourth-order valence-corrected chi connectivity index (χ4v) is 1.28. The van der Waals surface area contributed by atoms with Crippen LogP contribution in [0.4, 0.5) is 5.69 Å². The first kappa shape index (κ1) is 11.4. The SMILES string of the molecule is Cc1ccc(/C=N\Nc2cn[nH]c(=O)c2Cl)o1. The second-order valence-electron chi connectivity index (χ2n) is 3.25. The van der Waals surface area contributed by atoms with E-state index in [0.29, 0.717) is 11.4 Å². The summed E-state index contributed by atoms with van der Waals surface area (Å²) < 4.78 is 5.27. The number of furan rings is 1. The Hall–Kier alpha value is -2.08. The molecule has 0 unspecified atom stereocenters. The van der Waals surface area contributed by atoms with Gasteiger partial charge in [0.25, 0.3) is 5.56 Å². The van der Waals surface area contributed by atoms with E-state index in [4.69, 9.17) is 16.0 Å². The third-order valence-electron chi connectivity index (χ3n) is 1.93. The highest BCUT2D eigenvalue weighted by molar-refractivity contribution is 6.32. The molecule has 0 aromatic carbocycles. The van der Waals surface area contributed by atoms with Gasteiger partial charge in [0.15, 0.2) is 0 Å². The van der Waals surface area contributed by atoms with Crippen LogP contribution in [0.2, 0.25) is 5.02 Å². The highest BCUT2D eigenvalue weighted by Gasteiger charge is 2.02. The van der Waals surface area contributed by atoms with E-state index in [9.17, 15) is 4.79 Å². The van der Waals surface area contributed by atoms with Gasteiger partial charge in [-0.1, -0.05) is 11.6 Å². The van der Waals surface area contributed by atoms with Crippen molar-refractivity contribution in [1.29, 1.82) is 0 Å². The number of nitrogens with zero attached hydrogens (tertiary/aromatic N) is 2. The van der Waals surface area contributed by atoms with Gasteiger partial charge >= 0.3 is 0 Å². The maximum absolute atomic E-state index is 11.1. The van der Waals surface area contributed by atoms with Crippen molar-refractivity contribution in [2.24, 2.45) is 5.10 Å². The minimum Gasteiger partial charge on any atom is -0.460 e. The van der Waals surface area contributed by atoms with Crippen molar-refractivity contribution in [3.05, 3.63) is 45.2 Å². The quantitative estimate of drug-likeness (QED) is 0.644. The zero-order valence-corrected chi connectivity index (χ0v) is 9.65. The molecule has 0 aliphatic rings. The van der Waals surface area contributed by atoms with E-state index in [0.717, 1.165) is 5.76 Å². The van der Waals surface area contributed by atoms with Crippen molar-refractivity contribution in [2.45, 2.75) is 6.92 Å². The topological polar surface area (TPSA) is 83.3 Å². The Morgan fingerprint density at radius 1 is 1.59 bits per heavy atom. The monoisotopic (exact) mass is 252 g/mol. The summed E-state index contributed by atoms with van der Waals surface area (Å²) >= 11 is 5.74. The van der Waals surface area contributed by atoms with Gasteiger partial charge in [0, 0.05) is 0 Å². The van der Waals surface area contributed by atoms with E-state index < -0.39 is 5.56 Å². The Labute approximate surface area is 101 Å². The standard InChI is InChI=1S/C10H9ClN4O2/c1-6-2-3-7(17-6)4-12-14-8-5-13-15-10(16)9(8)11/h2-5H,1H3,(H2,14,15,16)/b12-4-. The highest BCUT2D eigenvalue weighted by Crippen LogP contribution is 2.14. The summed E-state index contributed by atoms with van der Waals surface area (Å²) in [5, 5.41) is 9.68. The number of rotatable bonds is 3. The molecule has 0 aliphatic carbocycles. The molecule has 0 radical (unpaired) electrons. The normalized spacial score (nSPS) is 10.9. The van der Waals surface area contributed by atoms with Crippen molar-refractivity contribution in [1.82, 2.24) is 10.2 Å². The molecule has 2 aromatic heterocycles. The lowest BCUT2D eigenvalue weighted by Gasteiger charge is -1.99. The Kier molecular flexibility index (Phi) is 3.24. The molecule has 0 saturated heterocycles. The van der Waals surface area contributed by atoms with E-state index in [1.807, 2.05) is 13.0 Å². The van der Waals surface area contributed by atoms with Crippen LogP contribution < -0.4 is 11.0 Å². The van der Waals surface area contributed by atoms with Crippen LogP contribution in [-0.4, -0.2) is 16.4 Å². The minimum absolute atomic E-state index is 0.00720. The van der Waals surface area contributed by atoms with Gasteiger partial charge in [0.2, 0.25) is 0 Å². The van der Waals surface area contributed by atoms with Gasteiger partial charge in [-0.15, -0.1) is 0 Å². The molecule has 0 spiro atoms. The summed E-state index contributed by atoms with van der Waals surface area (Å²) in [5.41, 5.74) is 2.46. The summed E-state index contributed by atoms with van der Waals surface area (Å²) in [6.07, 6.45) is 2.85. The van der Waals surface area contributed by atoms with Gasteiger partial charge in [-0.3, -0.25) is 10.2 Å². The van der Waals surface area contributed by atoms with Crippen LogP contribution in [0.3, 0.4) is 0 Å². The van der Waals surface area contributed by atoms with Crippen LogP contribution in [-0.2, 0) is 0 Å². The van der Waals surface area contributed by atoms with E-state index >= 15 is 0 Å². The lowest BCUT2D eigenvalue weighted by molar-refractivity contribution is 0.528. The van der Waals surface area contributed by atoms with Crippen LogP contribution in [0.1, 0.15) is 11.5 Å².